The second kappa shape index (κ2) is 12.3. The van der Waals surface area contributed by atoms with E-state index < -0.39 is 0 Å². The van der Waals surface area contributed by atoms with Gasteiger partial charge in [0.1, 0.15) is 5.03 Å². The van der Waals surface area contributed by atoms with Crippen molar-refractivity contribution in [3.05, 3.63) is 35.5 Å². The van der Waals surface area contributed by atoms with Crippen molar-refractivity contribution in [1.82, 2.24) is 20.5 Å². The van der Waals surface area contributed by atoms with E-state index in [1.165, 1.54) is 17.3 Å². The molecule has 28 heavy (non-hydrogen) atoms. The van der Waals surface area contributed by atoms with Crippen molar-refractivity contribution in [2.75, 3.05) is 32.7 Å². The third-order valence-electron chi connectivity index (χ3n) is 4.70. The molecule has 6 nitrogen and oxygen atoms in total. The summed E-state index contributed by atoms with van der Waals surface area (Å²) in [4.78, 5) is 31.4. The number of likely N-dealkylation sites (tertiary alicyclic amines) is 1. The van der Waals surface area contributed by atoms with E-state index in [9.17, 15) is 9.59 Å². The molecule has 0 bridgehead atoms. The van der Waals surface area contributed by atoms with E-state index in [-0.39, 0.29) is 41.9 Å². The van der Waals surface area contributed by atoms with Crippen molar-refractivity contribution in [2.24, 2.45) is 0 Å². The maximum Gasteiger partial charge on any atom is 0.254 e. The van der Waals surface area contributed by atoms with Crippen LogP contribution < -0.4 is 10.6 Å². The van der Waals surface area contributed by atoms with Gasteiger partial charge in [0.05, 0.1) is 10.8 Å². The van der Waals surface area contributed by atoms with Crippen molar-refractivity contribution in [3.8, 4) is 0 Å². The summed E-state index contributed by atoms with van der Waals surface area (Å²) in [6.07, 6.45) is 6.90. The molecule has 2 amide bonds. The summed E-state index contributed by atoms with van der Waals surface area (Å²) in [6.45, 7) is 5.93. The number of carbonyl (C=O) groups excluding carboxylic acids is 2. The van der Waals surface area contributed by atoms with Crippen LogP contribution in [0, 0.1) is 0 Å². The van der Waals surface area contributed by atoms with Crippen molar-refractivity contribution in [1.29, 1.82) is 0 Å². The average Bonchev–Trinajstić information content (AvgIpc) is 3.21. The first kappa shape index (κ1) is 24.8. The molecule has 1 saturated heterocycles. The van der Waals surface area contributed by atoms with Gasteiger partial charge in [-0.25, -0.2) is 4.98 Å². The SMILES string of the molecule is CC(Sc1ncccc1C(=O)NCC1=CCNCC1)C(=O)N1CCCC1.Cl.Cl. The number of rotatable bonds is 6. The van der Waals surface area contributed by atoms with Crippen LogP contribution in [0.5, 0.6) is 0 Å². The lowest BCUT2D eigenvalue weighted by atomic mass is 10.1. The molecule has 2 N–H and O–H groups in total. The number of amides is 2. The molecule has 2 aliphatic heterocycles. The Bertz CT molecular complexity index is 696. The minimum Gasteiger partial charge on any atom is -0.348 e. The Kier molecular flexibility index (Phi) is 10.9. The number of aromatic nitrogens is 1. The molecule has 0 aliphatic carbocycles. The van der Waals surface area contributed by atoms with Gasteiger partial charge in [-0.2, -0.15) is 0 Å². The molecule has 1 atom stereocenters. The van der Waals surface area contributed by atoms with E-state index in [0.717, 1.165) is 45.4 Å². The maximum absolute atomic E-state index is 12.6. The third-order valence-corrected chi connectivity index (χ3v) is 5.81. The summed E-state index contributed by atoms with van der Waals surface area (Å²) in [5.41, 5.74) is 1.78. The molecular weight excluding hydrogens is 419 g/mol. The lowest BCUT2D eigenvalue weighted by Gasteiger charge is -2.20. The molecule has 2 aliphatic rings. The Balaban J connectivity index is 0.00000196. The molecule has 3 rings (SSSR count). The van der Waals surface area contributed by atoms with Gasteiger partial charge in [-0.3, -0.25) is 9.59 Å². The molecule has 156 valence electrons. The second-order valence-corrected chi connectivity index (χ2v) is 7.98. The standard InChI is InChI=1S/C19H26N4O2S.2ClH/c1-14(19(25)23-11-2-3-12-23)26-18-16(5-4-8-21-18)17(24)22-13-15-6-9-20-10-7-15;;/h4-6,8,14,20H,2-3,7,9-13H2,1H3,(H,22,24);2*1H. The van der Waals surface area contributed by atoms with E-state index in [4.69, 9.17) is 0 Å². The number of pyridine rings is 1. The first-order valence-corrected chi connectivity index (χ1v) is 10.1. The maximum atomic E-state index is 12.6. The fraction of sp³-hybridized carbons (Fsp3) is 0.526. The predicted octanol–water partition coefficient (Wildman–Crippen LogP) is 2.68. The van der Waals surface area contributed by atoms with Crippen molar-refractivity contribution < 1.29 is 9.59 Å². The van der Waals surface area contributed by atoms with Crippen molar-refractivity contribution in [2.45, 2.75) is 36.5 Å². The van der Waals surface area contributed by atoms with E-state index in [2.05, 4.69) is 21.7 Å². The fourth-order valence-corrected chi connectivity index (χ4v) is 4.18. The van der Waals surface area contributed by atoms with Crippen LogP contribution in [0.3, 0.4) is 0 Å². The lowest BCUT2D eigenvalue weighted by Crippen LogP contribution is -2.34. The molecule has 0 aromatic carbocycles. The van der Waals surface area contributed by atoms with E-state index in [1.54, 1.807) is 18.3 Å². The van der Waals surface area contributed by atoms with Gasteiger partial charge >= 0.3 is 0 Å². The zero-order chi connectivity index (χ0) is 18.4. The number of carbonyl (C=O) groups is 2. The molecule has 1 aromatic rings. The van der Waals surface area contributed by atoms with Gasteiger partial charge in [-0.05, 0) is 44.9 Å². The number of hydrogen-bond donors (Lipinski definition) is 2. The van der Waals surface area contributed by atoms with Gasteiger partial charge in [0, 0.05) is 32.4 Å². The van der Waals surface area contributed by atoms with Crippen LogP contribution in [0.1, 0.15) is 36.5 Å². The van der Waals surface area contributed by atoms with Crippen LogP contribution in [0.4, 0.5) is 0 Å². The molecular formula is C19H28Cl2N4O2S. The highest BCUT2D eigenvalue weighted by atomic mass is 35.5. The Hall–Kier alpha value is -1.28. The normalized spacial score (nSPS) is 17.0. The van der Waals surface area contributed by atoms with Crippen molar-refractivity contribution in [3.63, 3.8) is 0 Å². The van der Waals surface area contributed by atoms with Gasteiger partial charge in [0.25, 0.3) is 5.91 Å². The van der Waals surface area contributed by atoms with E-state index >= 15 is 0 Å². The molecule has 1 unspecified atom stereocenters. The van der Waals surface area contributed by atoms with E-state index in [0.29, 0.717) is 17.1 Å². The lowest BCUT2D eigenvalue weighted by molar-refractivity contribution is -0.129. The molecule has 0 saturated carbocycles. The first-order chi connectivity index (χ1) is 12.6. The van der Waals surface area contributed by atoms with Gasteiger partial charge < -0.3 is 15.5 Å². The highest BCUT2D eigenvalue weighted by Gasteiger charge is 2.25. The van der Waals surface area contributed by atoms with Gasteiger partial charge in [-0.15, -0.1) is 24.8 Å². The number of nitrogens with zero attached hydrogens (tertiary/aromatic N) is 2. The Labute approximate surface area is 183 Å². The number of hydrogen-bond acceptors (Lipinski definition) is 5. The Morgan fingerprint density at radius 1 is 1.32 bits per heavy atom. The molecule has 1 aromatic heterocycles. The predicted molar refractivity (Wildman–Crippen MR) is 118 cm³/mol. The molecule has 3 heterocycles. The summed E-state index contributed by atoms with van der Waals surface area (Å²) >= 11 is 1.37. The van der Waals surface area contributed by atoms with Gasteiger partial charge in [-0.1, -0.05) is 23.4 Å². The van der Waals surface area contributed by atoms with Crippen LogP contribution in [-0.2, 0) is 4.79 Å². The van der Waals surface area contributed by atoms with E-state index in [1.807, 2.05) is 11.8 Å². The highest BCUT2D eigenvalue weighted by molar-refractivity contribution is 8.00. The summed E-state index contributed by atoms with van der Waals surface area (Å²) < 4.78 is 0. The van der Waals surface area contributed by atoms with Crippen LogP contribution in [-0.4, -0.2) is 59.7 Å². The largest absolute Gasteiger partial charge is 0.348 e. The molecule has 0 spiro atoms. The fourth-order valence-electron chi connectivity index (χ4n) is 3.19. The number of thioether (sulfide) groups is 1. The summed E-state index contributed by atoms with van der Waals surface area (Å²) in [7, 11) is 0. The minimum absolute atomic E-state index is 0. The first-order valence-electron chi connectivity index (χ1n) is 9.22. The quantitative estimate of drug-likeness (QED) is 0.518. The second-order valence-electron chi connectivity index (χ2n) is 6.65. The van der Waals surface area contributed by atoms with Crippen molar-refractivity contribution >= 4 is 48.4 Å². The zero-order valence-corrected chi connectivity index (χ0v) is 18.4. The monoisotopic (exact) mass is 446 g/mol. The highest BCUT2D eigenvalue weighted by Crippen LogP contribution is 2.27. The molecule has 9 heteroatoms. The molecule has 0 radical (unpaired) electrons. The number of nitrogens with one attached hydrogen (secondary N) is 2. The number of halogens is 2. The summed E-state index contributed by atoms with van der Waals surface area (Å²) in [5.74, 6) is -0.00905. The molecule has 1 fully saturated rings. The summed E-state index contributed by atoms with van der Waals surface area (Å²) in [6, 6.07) is 3.53. The Morgan fingerprint density at radius 2 is 2.07 bits per heavy atom. The topological polar surface area (TPSA) is 74.3 Å². The van der Waals surface area contributed by atoms with Gasteiger partial charge in [0.15, 0.2) is 0 Å². The van der Waals surface area contributed by atoms with Gasteiger partial charge in [0.2, 0.25) is 5.91 Å². The third kappa shape index (κ3) is 6.65. The average molecular weight is 447 g/mol. The Morgan fingerprint density at radius 3 is 2.75 bits per heavy atom. The smallest absolute Gasteiger partial charge is 0.254 e. The summed E-state index contributed by atoms with van der Waals surface area (Å²) in [5, 5.41) is 6.61. The van der Waals surface area contributed by atoms with Crippen LogP contribution in [0.15, 0.2) is 35.0 Å². The zero-order valence-electron chi connectivity index (χ0n) is 16.0. The van der Waals surface area contributed by atoms with Crippen LogP contribution >= 0.6 is 36.6 Å². The minimum atomic E-state index is -0.248. The van der Waals surface area contributed by atoms with Crippen LogP contribution in [0.25, 0.3) is 0 Å². The van der Waals surface area contributed by atoms with Crippen LogP contribution in [0.2, 0.25) is 0 Å².